The number of para-hydroxylation sites is 1. The molecule has 2 atom stereocenters. The molecular weight excluding hydrogens is 362 g/mol. The predicted octanol–water partition coefficient (Wildman–Crippen LogP) is 4.16. The van der Waals surface area contributed by atoms with Gasteiger partial charge in [0, 0.05) is 22.0 Å². The maximum absolute atomic E-state index is 12.4. The Balaban J connectivity index is 1.37. The maximum Gasteiger partial charge on any atom is 0.348 e. The first-order valence-electron chi connectivity index (χ1n) is 9.43. The van der Waals surface area contributed by atoms with E-state index < -0.39 is 5.97 Å². The SMILES string of the molecule is C[C@@H]1CCCC[C@@H]1NC(=O)COC(=O)c1cc2c(s1)-c1ccccc1OC2. The van der Waals surface area contributed by atoms with E-state index in [-0.39, 0.29) is 18.6 Å². The molecule has 27 heavy (non-hydrogen) atoms. The highest BCUT2D eigenvalue weighted by Gasteiger charge is 2.25. The number of nitrogens with one attached hydrogen (secondary N) is 1. The summed E-state index contributed by atoms with van der Waals surface area (Å²) in [7, 11) is 0. The monoisotopic (exact) mass is 385 g/mol. The first-order valence-corrected chi connectivity index (χ1v) is 10.2. The summed E-state index contributed by atoms with van der Waals surface area (Å²) in [4.78, 5) is 26.1. The van der Waals surface area contributed by atoms with Crippen LogP contribution in [0.15, 0.2) is 30.3 Å². The van der Waals surface area contributed by atoms with Gasteiger partial charge in [-0.3, -0.25) is 4.79 Å². The normalized spacial score (nSPS) is 20.8. The Morgan fingerprint density at radius 1 is 1.26 bits per heavy atom. The summed E-state index contributed by atoms with van der Waals surface area (Å²) in [6, 6.07) is 9.78. The summed E-state index contributed by atoms with van der Waals surface area (Å²) in [6.07, 6.45) is 4.49. The second-order valence-electron chi connectivity index (χ2n) is 7.26. The number of benzene rings is 1. The third-order valence-electron chi connectivity index (χ3n) is 5.32. The minimum atomic E-state index is -0.460. The minimum Gasteiger partial charge on any atom is -0.488 e. The standard InChI is InChI=1S/C21H23NO4S/c1-13-6-2-4-8-16(13)22-19(23)12-26-21(24)18-10-14-11-25-17-9-5-3-7-15(17)20(14)27-18/h3,5,7,9-10,13,16H,2,4,6,8,11-12H2,1H3,(H,22,23)/t13-,16+/m1/s1. The van der Waals surface area contributed by atoms with E-state index in [0.717, 1.165) is 41.0 Å². The summed E-state index contributed by atoms with van der Waals surface area (Å²) >= 11 is 1.39. The molecule has 1 aliphatic carbocycles. The van der Waals surface area contributed by atoms with Crippen LogP contribution in [0.4, 0.5) is 0 Å². The van der Waals surface area contributed by atoms with Crippen LogP contribution in [-0.2, 0) is 16.1 Å². The van der Waals surface area contributed by atoms with Crippen LogP contribution >= 0.6 is 11.3 Å². The number of amides is 1. The zero-order valence-corrected chi connectivity index (χ0v) is 16.1. The lowest BCUT2D eigenvalue weighted by Crippen LogP contribution is -2.42. The van der Waals surface area contributed by atoms with Crippen LogP contribution in [0.3, 0.4) is 0 Å². The molecule has 0 spiro atoms. The van der Waals surface area contributed by atoms with E-state index in [1.165, 1.54) is 17.8 Å². The van der Waals surface area contributed by atoms with E-state index in [1.54, 1.807) is 6.07 Å². The van der Waals surface area contributed by atoms with Gasteiger partial charge in [-0.15, -0.1) is 11.3 Å². The number of hydrogen-bond acceptors (Lipinski definition) is 5. The molecule has 1 fully saturated rings. The average Bonchev–Trinajstić information content (AvgIpc) is 3.13. The number of rotatable bonds is 4. The number of esters is 1. The Kier molecular flexibility index (Phi) is 5.16. The summed E-state index contributed by atoms with van der Waals surface area (Å²) in [5.74, 6) is 0.617. The van der Waals surface area contributed by atoms with Crippen molar-refractivity contribution in [2.45, 2.75) is 45.3 Å². The quantitative estimate of drug-likeness (QED) is 0.803. The van der Waals surface area contributed by atoms with Crippen molar-refractivity contribution in [3.63, 3.8) is 0 Å². The molecule has 6 heteroatoms. The van der Waals surface area contributed by atoms with Crippen LogP contribution in [0.5, 0.6) is 5.75 Å². The van der Waals surface area contributed by atoms with Gasteiger partial charge >= 0.3 is 5.97 Å². The molecule has 1 aliphatic heterocycles. The van der Waals surface area contributed by atoms with E-state index in [0.29, 0.717) is 17.4 Å². The van der Waals surface area contributed by atoms with E-state index in [9.17, 15) is 9.59 Å². The summed E-state index contributed by atoms with van der Waals surface area (Å²) in [5.41, 5.74) is 1.97. The molecule has 1 aromatic heterocycles. The molecule has 0 unspecified atom stereocenters. The number of carbonyl (C=O) groups excluding carboxylic acids is 2. The van der Waals surface area contributed by atoms with Crippen LogP contribution in [0.2, 0.25) is 0 Å². The van der Waals surface area contributed by atoms with E-state index in [2.05, 4.69) is 12.2 Å². The van der Waals surface area contributed by atoms with Crippen molar-refractivity contribution in [2.24, 2.45) is 5.92 Å². The van der Waals surface area contributed by atoms with Gasteiger partial charge in [0.1, 0.15) is 17.2 Å². The molecule has 0 radical (unpaired) electrons. The fourth-order valence-corrected chi connectivity index (χ4v) is 4.87. The highest BCUT2D eigenvalue weighted by molar-refractivity contribution is 7.17. The second kappa shape index (κ2) is 7.72. The maximum atomic E-state index is 12.4. The second-order valence-corrected chi connectivity index (χ2v) is 8.31. The molecular formula is C21H23NO4S. The number of hydrogen-bond donors (Lipinski definition) is 1. The Morgan fingerprint density at radius 3 is 2.93 bits per heavy atom. The number of carbonyl (C=O) groups is 2. The number of thiophene rings is 1. The molecule has 1 N–H and O–H groups in total. The van der Waals surface area contributed by atoms with E-state index >= 15 is 0 Å². The molecule has 2 heterocycles. The number of fused-ring (bicyclic) bond motifs is 3. The van der Waals surface area contributed by atoms with Crippen LogP contribution in [-0.4, -0.2) is 24.5 Å². The van der Waals surface area contributed by atoms with Crippen LogP contribution in [0.1, 0.15) is 47.8 Å². The van der Waals surface area contributed by atoms with Crippen LogP contribution < -0.4 is 10.1 Å². The molecule has 2 aliphatic rings. The molecule has 142 valence electrons. The van der Waals surface area contributed by atoms with Crippen molar-refractivity contribution in [2.75, 3.05) is 6.61 Å². The van der Waals surface area contributed by atoms with Gasteiger partial charge < -0.3 is 14.8 Å². The molecule has 2 aromatic rings. The Morgan fingerprint density at radius 2 is 2.07 bits per heavy atom. The van der Waals surface area contributed by atoms with Gasteiger partial charge in [-0.05, 0) is 37.0 Å². The lowest BCUT2D eigenvalue weighted by molar-refractivity contribution is -0.125. The highest BCUT2D eigenvalue weighted by atomic mass is 32.1. The lowest BCUT2D eigenvalue weighted by Gasteiger charge is -2.29. The molecule has 0 bridgehead atoms. The number of ether oxygens (including phenoxy) is 2. The van der Waals surface area contributed by atoms with Crippen LogP contribution in [0.25, 0.3) is 10.4 Å². The van der Waals surface area contributed by atoms with Gasteiger partial charge in [-0.2, -0.15) is 0 Å². The van der Waals surface area contributed by atoms with E-state index in [1.807, 2.05) is 24.3 Å². The molecule has 1 aromatic carbocycles. The first-order chi connectivity index (χ1) is 13.1. The average molecular weight is 385 g/mol. The molecule has 5 nitrogen and oxygen atoms in total. The largest absolute Gasteiger partial charge is 0.488 e. The Hall–Kier alpha value is -2.34. The van der Waals surface area contributed by atoms with Gasteiger partial charge in [0.05, 0.1) is 0 Å². The fourth-order valence-electron chi connectivity index (χ4n) is 3.78. The van der Waals surface area contributed by atoms with Crippen molar-refractivity contribution >= 4 is 23.2 Å². The van der Waals surface area contributed by atoms with Gasteiger partial charge in [0.15, 0.2) is 6.61 Å². The molecule has 4 rings (SSSR count). The van der Waals surface area contributed by atoms with Crippen molar-refractivity contribution in [1.29, 1.82) is 0 Å². The summed E-state index contributed by atoms with van der Waals surface area (Å²) in [5, 5.41) is 3.00. The molecule has 1 saturated carbocycles. The van der Waals surface area contributed by atoms with Crippen molar-refractivity contribution in [1.82, 2.24) is 5.32 Å². The zero-order chi connectivity index (χ0) is 18.8. The van der Waals surface area contributed by atoms with Crippen molar-refractivity contribution < 1.29 is 19.1 Å². The zero-order valence-electron chi connectivity index (χ0n) is 15.3. The van der Waals surface area contributed by atoms with E-state index in [4.69, 9.17) is 9.47 Å². The van der Waals surface area contributed by atoms with Gasteiger partial charge in [-0.25, -0.2) is 4.79 Å². The van der Waals surface area contributed by atoms with Crippen LogP contribution in [0, 0.1) is 5.92 Å². The fraction of sp³-hybridized carbons (Fsp3) is 0.429. The third kappa shape index (κ3) is 3.86. The van der Waals surface area contributed by atoms with Gasteiger partial charge in [-0.1, -0.05) is 31.9 Å². The van der Waals surface area contributed by atoms with Crippen molar-refractivity contribution in [3.8, 4) is 16.2 Å². The lowest BCUT2D eigenvalue weighted by atomic mass is 9.86. The first kappa shape index (κ1) is 18.0. The van der Waals surface area contributed by atoms with Gasteiger partial charge in [0.25, 0.3) is 5.91 Å². The van der Waals surface area contributed by atoms with Crippen molar-refractivity contribution in [3.05, 3.63) is 40.8 Å². The molecule has 0 saturated heterocycles. The minimum absolute atomic E-state index is 0.188. The predicted molar refractivity (Wildman–Crippen MR) is 104 cm³/mol. The third-order valence-corrected chi connectivity index (χ3v) is 6.51. The smallest absolute Gasteiger partial charge is 0.348 e. The summed E-state index contributed by atoms with van der Waals surface area (Å²) in [6.45, 7) is 2.36. The Labute approximate surface area is 162 Å². The topological polar surface area (TPSA) is 64.6 Å². The Bertz CT molecular complexity index is 860. The van der Waals surface area contributed by atoms with Gasteiger partial charge in [0.2, 0.25) is 0 Å². The highest BCUT2D eigenvalue weighted by Crippen LogP contribution is 2.42. The molecule has 1 amide bonds. The summed E-state index contributed by atoms with van der Waals surface area (Å²) < 4.78 is 11.0.